The van der Waals surface area contributed by atoms with Crippen molar-refractivity contribution in [2.75, 3.05) is 5.75 Å². The summed E-state index contributed by atoms with van der Waals surface area (Å²) < 4.78 is 0. The maximum absolute atomic E-state index is 11.8. The first kappa shape index (κ1) is 13.6. The molecule has 0 saturated carbocycles. The highest BCUT2D eigenvalue weighted by Gasteiger charge is 2.10. The van der Waals surface area contributed by atoms with E-state index >= 15 is 0 Å². The van der Waals surface area contributed by atoms with Crippen molar-refractivity contribution in [1.29, 1.82) is 0 Å². The average Bonchev–Trinajstić information content (AvgIpc) is 2.47. The third kappa shape index (κ3) is 4.38. The molecule has 2 aromatic rings. The van der Waals surface area contributed by atoms with Crippen LogP contribution >= 0.6 is 11.8 Å². The SMILES string of the molecule is O=C(CSC(=O)c1ccccc1)Cc1ccccc1. The second kappa shape index (κ2) is 6.90. The normalized spacial score (nSPS) is 10.1. The van der Waals surface area contributed by atoms with Crippen LogP contribution in [0.1, 0.15) is 15.9 Å². The van der Waals surface area contributed by atoms with Crippen molar-refractivity contribution in [3.05, 3.63) is 71.8 Å². The standard InChI is InChI=1S/C16H14O2S/c17-15(11-13-7-3-1-4-8-13)12-19-16(18)14-9-5-2-6-10-14/h1-10H,11-12H2. The van der Waals surface area contributed by atoms with Gasteiger partial charge in [0.1, 0.15) is 5.78 Å². The molecule has 0 aliphatic rings. The van der Waals surface area contributed by atoms with Crippen molar-refractivity contribution in [1.82, 2.24) is 0 Å². The maximum Gasteiger partial charge on any atom is 0.219 e. The summed E-state index contributed by atoms with van der Waals surface area (Å²) in [6.07, 6.45) is 0.385. The summed E-state index contributed by atoms with van der Waals surface area (Å²) in [6.45, 7) is 0. The van der Waals surface area contributed by atoms with Gasteiger partial charge in [-0.3, -0.25) is 9.59 Å². The molecule has 0 amide bonds. The number of benzene rings is 2. The quantitative estimate of drug-likeness (QED) is 0.835. The van der Waals surface area contributed by atoms with E-state index in [1.54, 1.807) is 12.1 Å². The van der Waals surface area contributed by atoms with Gasteiger partial charge >= 0.3 is 0 Å². The number of Topliss-reactive ketones (excluding diaryl/α,β-unsaturated/α-hetero) is 1. The van der Waals surface area contributed by atoms with Crippen LogP contribution in [-0.2, 0) is 11.2 Å². The second-order valence-corrected chi connectivity index (χ2v) is 5.09. The summed E-state index contributed by atoms with van der Waals surface area (Å²) in [5.41, 5.74) is 1.63. The highest BCUT2D eigenvalue weighted by atomic mass is 32.2. The van der Waals surface area contributed by atoms with Gasteiger partial charge in [0.05, 0.1) is 5.75 Å². The van der Waals surface area contributed by atoms with Gasteiger partial charge in [0.2, 0.25) is 5.12 Å². The van der Waals surface area contributed by atoms with Gasteiger partial charge in [0, 0.05) is 12.0 Å². The molecule has 0 fully saturated rings. The van der Waals surface area contributed by atoms with Gasteiger partial charge in [-0.15, -0.1) is 0 Å². The van der Waals surface area contributed by atoms with Gasteiger partial charge in [0.15, 0.2) is 0 Å². The molecule has 0 radical (unpaired) electrons. The largest absolute Gasteiger partial charge is 0.298 e. The lowest BCUT2D eigenvalue weighted by Gasteiger charge is -2.01. The monoisotopic (exact) mass is 270 g/mol. The Labute approximate surface area is 116 Å². The summed E-state index contributed by atoms with van der Waals surface area (Å²) in [4.78, 5) is 23.6. The molecule has 96 valence electrons. The molecule has 0 unspecified atom stereocenters. The Morgan fingerprint density at radius 3 is 2.05 bits per heavy atom. The van der Waals surface area contributed by atoms with Crippen LogP contribution < -0.4 is 0 Å². The van der Waals surface area contributed by atoms with Crippen molar-refractivity contribution >= 4 is 22.7 Å². The summed E-state index contributed by atoms with van der Waals surface area (Å²) in [6, 6.07) is 18.6. The number of hydrogen-bond donors (Lipinski definition) is 0. The molecule has 3 heteroatoms. The molecule has 0 aliphatic carbocycles. The Hall–Kier alpha value is -1.87. The summed E-state index contributed by atoms with van der Waals surface area (Å²) in [5.74, 6) is 0.295. The van der Waals surface area contributed by atoms with E-state index in [1.807, 2.05) is 48.5 Å². The first-order valence-electron chi connectivity index (χ1n) is 6.03. The van der Waals surface area contributed by atoms with Gasteiger partial charge < -0.3 is 0 Å². The zero-order valence-electron chi connectivity index (χ0n) is 10.4. The second-order valence-electron chi connectivity index (χ2n) is 4.14. The Morgan fingerprint density at radius 1 is 0.842 bits per heavy atom. The Morgan fingerprint density at radius 2 is 1.42 bits per heavy atom. The van der Waals surface area contributed by atoms with Crippen molar-refractivity contribution < 1.29 is 9.59 Å². The van der Waals surface area contributed by atoms with Crippen LogP contribution in [0.25, 0.3) is 0 Å². The molecular weight excluding hydrogens is 256 g/mol. The van der Waals surface area contributed by atoms with Crippen molar-refractivity contribution in [2.45, 2.75) is 6.42 Å². The first-order chi connectivity index (χ1) is 9.25. The molecule has 0 N–H and O–H groups in total. The van der Waals surface area contributed by atoms with E-state index in [0.29, 0.717) is 12.0 Å². The van der Waals surface area contributed by atoms with Crippen LogP contribution in [0.15, 0.2) is 60.7 Å². The highest BCUT2D eigenvalue weighted by molar-refractivity contribution is 8.14. The molecule has 0 atom stereocenters. The Bertz CT molecular complexity index is 549. The Kier molecular flexibility index (Phi) is 4.93. The van der Waals surface area contributed by atoms with Crippen LogP contribution in [0.2, 0.25) is 0 Å². The minimum absolute atomic E-state index is 0.0537. The van der Waals surface area contributed by atoms with Gasteiger partial charge in [-0.1, -0.05) is 72.4 Å². The zero-order chi connectivity index (χ0) is 13.5. The van der Waals surface area contributed by atoms with Gasteiger partial charge in [-0.05, 0) is 5.56 Å². The number of carbonyl (C=O) groups excluding carboxylic acids is 2. The molecule has 0 spiro atoms. The molecule has 0 bridgehead atoms. The van der Waals surface area contributed by atoms with E-state index in [-0.39, 0.29) is 16.7 Å². The summed E-state index contributed by atoms with van der Waals surface area (Å²) in [7, 11) is 0. The van der Waals surface area contributed by atoms with Gasteiger partial charge in [0.25, 0.3) is 0 Å². The predicted molar refractivity (Wildman–Crippen MR) is 78.4 cm³/mol. The van der Waals surface area contributed by atoms with Crippen molar-refractivity contribution in [3.8, 4) is 0 Å². The van der Waals surface area contributed by atoms with Crippen LogP contribution in [0, 0.1) is 0 Å². The zero-order valence-corrected chi connectivity index (χ0v) is 11.2. The number of ketones is 1. The van der Waals surface area contributed by atoms with Gasteiger partial charge in [-0.25, -0.2) is 0 Å². The topological polar surface area (TPSA) is 34.1 Å². The third-order valence-electron chi connectivity index (χ3n) is 2.62. The molecule has 0 aromatic heterocycles. The molecule has 0 saturated heterocycles. The third-order valence-corrected chi connectivity index (χ3v) is 3.58. The fourth-order valence-corrected chi connectivity index (χ4v) is 2.38. The van der Waals surface area contributed by atoms with Crippen LogP contribution in [0.3, 0.4) is 0 Å². The van der Waals surface area contributed by atoms with Crippen LogP contribution in [-0.4, -0.2) is 16.7 Å². The molecule has 2 nitrogen and oxygen atoms in total. The number of carbonyl (C=O) groups is 2. The van der Waals surface area contributed by atoms with Crippen LogP contribution in [0.5, 0.6) is 0 Å². The number of hydrogen-bond acceptors (Lipinski definition) is 3. The number of rotatable bonds is 5. The maximum atomic E-state index is 11.8. The van der Waals surface area contributed by atoms with Crippen molar-refractivity contribution in [3.63, 3.8) is 0 Å². The fourth-order valence-electron chi connectivity index (χ4n) is 1.68. The van der Waals surface area contributed by atoms with Gasteiger partial charge in [-0.2, -0.15) is 0 Å². The minimum atomic E-state index is -0.0537. The van der Waals surface area contributed by atoms with Crippen molar-refractivity contribution in [2.24, 2.45) is 0 Å². The highest BCUT2D eigenvalue weighted by Crippen LogP contribution is 2.13. The fraction of sp³-hybridized carbons (Fsp3) is 0.125. The first-order valence-corrected chi connectivity index (χ1v) is 7.02. The lowest BCUT2D eigenvalue weighted by Crippen LogP contribution is -2.08. The number of thioether (sulfide) groups is 1. The summed E-state index contributed by atoms with van der Waals surface area (Å²) in [5, 5.41) is -0.0537. The average molecular weight is 270 g/mol. The lowest BCUT2D eigenvalue weighted by molar-refractivity contribution is -0.116. The van der Waals surface area contributed by atoms with E-state index in [2.05, 4.69) is 0 Å². The Balaban J connectivity index is 1.83. The molecular formula is C16H14O2S. The molecule has 19 heavy (non-hydrogen) atoms. The van der Waals surface area contributed by atoms with E-state index < -0.39 is 0 Å². The van der Waals surface area contributed by atoms with E-state index in [0.717, 1.165) is 17.3 Å². The summed E-state index contributed by atoms with van der Waals surface area (Å²) >= 11 is 1.07. The molecule has 2 rings (SSSR count). The minimum Gasteiger partial charge on any atom is -0.298 e. The van der Waals surface area contributed by atoms with E-state index in [9.17, 15) is 9.59 Å². The lowest BCUT2D eigenvalue weighted by atomic mass is 10.1. The molecule has 0 heterocycles. The van der Waals surface area contributed by atoms with E-state index in [4.69, 9.17) is 0 Å². The van der Waals surface area contributed by atoms with E-state index in [1.165, 1.54) is 0 Å². The predicted octanol–water partition coefficient (Wildman–Crippen LogP) is 3.37. The molecule has 0 aliphatic heterocycles. The van der Waals surface area contributed by atoms with Crippen LogP contribution in [0.4, 0.5) is 0 Å². The smallest absolute Gasteiger partial charge is 0.219 e. The molecule has 2 aromatic carbocycles.